The Morgan fingerprint density at radius 2 is 1.94 bits per heavy atom. The van der Waals surface area contributed by atoms with E-state index in [0.29, 0.717) is 18.1 Å². The van der Waals surface area contributed by atoms with Crippen molar-refractivity contribution in [3.8, 4) is 11.5 Å². The highest BCUT2D eigenvalue weighted by molar-refractivity contribution is 5.39. The van der Waals surface area contributed by atoms with Gasteiger partial charge in [0.15, 0.2) is 11.5 Å². The average molecular weight is 221 g/mol. The molecule has 0 amide bonds. The number of carbonyl (C=O) groups excluding carboxylic acids is 1. The van der Waals surface area contributed by atoms with Crippen molar-refractivity contribution in [3.63, 3.8) is 0 Å². The molecular formula is C12H15NO3. The second-order valence-corrected chi connectivity index (χ2v) is 3.96. The summed E-state index contributed by atoms with van der Waals surface area (Å²) in [6, 6.07) is 7.33. The second kappa shape index (κ2) is 5.33. The van der Waals surface area contributed by atoms with E-state index in [2.05, 4.69) is 4.99 Å². The number of rotatable bonds is 5. The molecule has 0 bridgehead atoms. The first-order valence-corrected chi connectivity index (χ1v) is 4.94. The SMILES string of the molecule is COc1ccccc1OCC(C)(C)N=C=O. The smallest absolute Gasteiger partial charge is 0.235 e. The van der Waals surface area contributed by atoms with Crippen molar-refractivity contribution in [1.82, 2.24) is 0 Å². The van der Waals surface area contributed by atoms with Crippen molar-refractivity contribution in [2.24, 2.45) is 4.99 Å². The van der Waals surface area contributed by atoms with Crippen LogP contribution in [-0.4, -0.2) is 25.3 Å². The fourth-order valence-corrected chi connectivity index (χ4v) is 1.15. The van der Waals surface area contributed by atoms with Crippen LogP contribution < -0.4 is 9.47 Å². The van der Waals surface area contributed by atoms with Crippen LogP contribution >= 0.6 is 0 Å². The van der Waals surface area contributed by atoms with Crippen molar-refractivity contribution in [3.05, 3.63) is 24.3 Å². The van der Waals surface area contributed by atoms with Crippen molar-refractivity contribution >= 4 is 6.08 Å². The minimum atomic E-state index is -0.581. The first-order chi connectivity index (χ1) is 7.59. The first-order valence-electron chi connectivity index (χ1n) is 4.94. The summed E-state index contributed by atoms with van der Waals surface area (Å²) in [5, 5.41) is 0. The zero-order valence-corrected chi connectivity index (χ0v) is 9.69. The van der Waals surface area contributed by atoms with Crippen LogP contribution in [0, 0.1) is 0 Å². The Kier molecular flexibility index (Phi) is 4.09. The monoisotopic (exact) mass is 221 g/mol. The van der Waals surface area contributed by atoms with E-state index in [9.17, 15) is 4.79 Å². The van der Waals surface area contributed by atoms with E-state index in [1.807, 2.05) is 18.2 Å². The van der Waals surface area contributed by atoms with E-state index in [1.54, 1.807) is 27.0 Å². The lowest BCUT2D eigenvalue weighted by Crippen LogP contribution is -2.26. The molecule has 1 aromatic rings. The molecule has 1 aromatic carbocycles. The maximum atomic E-state index is 10.2. The predicted molar refractivity (Wildman–Crippen MR) is 60.7 cm³/mol. The highest BCUT2D eigenvalue weighted by Gasteiger charge is 2.18. The van der Waals surface area contributed by atoms with Gasteiger partial charge < -0.3 is 9.47 Å². The lowest BCUT2D eigenvalue weighted by molar-refractivity contribution is 0.234. The average Bonchev–Trinajstić information content (AvgIpc) is 2.27. The van der Waals surface area contributed by atoms with Gasteiger partial charge >= 0.3 is 0 Å². The van der Waals surface area contributed by atoms with Crippen LogP contribution in [0.2, 0.25) is 0 Å². The molecule has 0 aliphatic heterocycles. The number of hydrogen-bond donors (Lipinski definition) is 0. The Labute approximate surface area is 94.9 Å². The number of hydrogen-bond acceptors (Lipinski definition) is 4. The van der Waals surface area contributed by atoms with Gasteiger partial charge in [-0.3, -0.25) is 0 Å². The summed E-state index contributed by atoms with van der Waals surface area (Å²) in [6.07, 6.45) is 1.54. The Morgan fingerprint density at radius 3 is 2.50 bits per heavy atom. The van der Waals surface area contributed by atoms with E-state index < -0.39 is 5.54 Å². The lowest BCUT2D eigenvalue weighted by atomic mass is 10.1. The van der Waals surface area contributed by atoms with Gasteiger partial charge in [0.2, 0.25) is 6.08 Å². The Morgan fingerprint density at radius 1 is 1.31 bits per heavy atom. The van der Waals surface area contributed by atoms with Crippen LogP contribution in [0.15, 0.2) is 29.3 Å². The molecule has 16 heavy (non-hydrogen) atoms. The maximum absolute atomic E-state index is 10.2. The van der Waals surface area contributed by atoms with Crippen LogP contribution in [0.3, 0.4) is 0 Å². The molecule has 1 rings (SSSR count). The molecule has 0 aliphatic rings. The third-order valence-electron chi connectivity index (χ3n) is 2.00. The van der Waals surface area contributed by atoms with Gasteiger partial charge in [0, 0.05) is 0 Å². The Balaban J connectivity index is 2.71. The van der Waals surface area contributed by atoms with Gasteiger partial charge in [0.25, 0.3) is 0 Å². The largest absolute Gasteiger partial charge is 0.493 e. The zero-order valence-electron chi connectivity index (χ0n) is 9.69. The third kappa shape index (κ3) is 3.41. The molecule has 0 aliphatic carbocycles. The summed E-state index contributed by atoms with van der Waals surface area (Å²) < 4.78 is 10.7. The minimum absolute atomic E-state index is 0.294. The third-order valence-corrected chi connectivity index (χ3v) is 2.00. The Hall–Kier alpha value is -1.80. The van der Waals surface area contributed by atoms with E-state index in [1.165, 1.54) is 6.08 Å². The van der Waals surface area contributed by atoms with Gasteiger partial charge in [0.05, 0.1) is 7.11 Å². The molecular weight excluding hydrogens is 206 g/mol. The number of benzene rings is 1. The zero-order chi connectivity index (χ0) is 12.0. The standard InChI is InChI=1S/C12H15NO3/c1-12(2,13-9-14)8-16-11-7-5-4-6-10(11)15-3/h4-7H,8H2,1-3H3. The molecule has 0 heterocycles. The summed E-state index contributed by atoms with van der Waals surface area (Å²) in [6.45, 7) is 3.89. The van der Waals surface area contributed by atoms with E-state index in [0.717, 1.165) is 0 Å². The van der Waals surface area contributed by atoms with Crippen LogP contribution in [-0.2, 0) is 4.79 Å². The molecule has 0 radical (unpaired) electrons. The number of nitrogens with zero attached hydrogens (tertiary/aromatic N) is 1. The molecule has 0 saturated carbocycles. The second-order valence-electron chi connectivity index (χ2n) is 3.96. The number of methoxy groups -OCH3 is 1. The topological polar surface area (TPSA) is 47.9 Å². The van der Waals surface area contributed by atoms with Crippen LogP contribution in [0.25, 0.3) is 0 Å². The van der Waals surface area contributed by atoms with Crippen molar-refractivity contribution in [2.75, 3.05) is 13.7 Å². The van der Waals surface area contributed by atoms with Gasteiger partial charge in [-0.05, 0) is 26.0 Å². The fourth-order valence-electron chi connectivity index (χ4n) is 1.15. The van der Waals surface area contributed by atoms with Crippen molar-refractivity contribution < 1.29 is 14.3 Å². The van der Waals surface area contributed by atoms with E-state index in [4.69, 9.17) is 9.47 Å². The fraction of sp³-hybridized carbons (Fsp3) is 0.417. The molecule has 0 saturated heterocycles. The molecule has 0 unspecified atom stereocenters. The Bertz CT molecular complexity index is 395. The quantitative estimate of drug-likeness (QED) is 0.565. The minimum Gasteiger partial charge on any atom is -0.493 e. The molecule has 4 heteroatoms. The molecule has 0 N–H and O–H groups in total. The lowest BCUT2D eigenvalue weighted by Gasteiger charge is -2.18. The number of isocyanates is 1. The molecule has 0 fully saturated rings. The highest BCUT2D eigenvalue weighted by Crippen LogP contribution is 2.26. The number of aliphatic imine (C=N–C) groups is 1. The summed E-state index contributed by atoms with van der Waals surface area (Å²) in [5.41, 5.74) is -0.581. The van der Waals surface area contributed by atoms with Crippen LogP contribution in [0.1, 0.15) is 13.8 Å². The summed E-state index contributed by atoms with van der Waals surface area (Å²) in [4.78, 5) is 13.8. The predicted octanol–water partition coefficient (Wildman–Crippen LogP) is 2.19. The molecule has 0 aromatic heterocycles. The highest BCUT2D eigenvalue weighted by atomic mass is 16.5. The van der Waals surface area contributed by atoms with Gasteiger partial charge in [-0.2, -0.15) is 4.99 Å². The summed E-state index contributed by atoms with van der Waals surface area (Å²) in [7, 11) is 1.58. The normalized spacial score (nSPS) is 10.4. The summed E-state index contributed by atoms with van der Waals surface area (Å²) in [5.74, 6) is 1.30. The summed E-state index contributed by atoms with van der Waals surface area (Å²) >= 11 is 0. The molecule has 0 atom stereocenters. The van der Waals surface area contributed by atoms with Crippen molar-refractivity contribution in [2.45, 2.75) is 19.4 Å². The first kappa shape index (κ1) is 12.3. The number of para-hydroxylation sites is 2. The van der Waals surface area contributed by atoms with E-state index in [-0.39, 0.29) is 0 Å². The van der Waals surface area contributed by atoms with Crippen LogP contribution in [0.4, 0.5) is 0 Å². The van der Waals surface area contributed by atoms with Gasteiger partial charge in [-0.25, -0.2) is 4.79 Å². The molecule has 4 nitrogen and oxygen atoms in total. The molecule has 86 valence electrons. The van der Waals surface area contributed by atoms with Crippen LogP contribution in [0.5, 0.6) is 11.5 Å². The molecule has 0 spiro atoms. The maximum Gasteiger partial charge on any atom is 0.235 e. The number of ether oxygens (including phenoxy) is 2. The van der Waals surface area contributed by atoms with E-state index >= 15 is 0 Å². The van der Waals surface area contributed by atoms with Crippen molar-refractivity contribution in [1.29, 1.82) is 0 Å². The van der Waals surface area contributed by atoms with Gasteiger partial charge in [-0.1, -0.05) is 12.1 Å². The van der Waals surface area contributed by atoms with Gasteiger partial charge in [0.1, 0.15) is 12.1 Å². The van der Waals surface area contributed by atoms with Gasteiger partial charge in [-0.15, -0.1) is 0 Å².